The topological polar surface area (TPSA) is 179 Å². The highest BCUT2D eigenvalue weighted by Crippen LogP contribution is 2.27. The number of carbonyl (C=O) groups is 4. The summed E-state index contributed by atoms with van der Waals surface area (Å²) in [5.74, 6) is -0.849. The Labute approximate surface area is 284 Å². The number of aromatic amines is 1. The number of hydrogen-bond acceptors (Lipinski definition) is 8. The maximum atomic E-state index is 13.4. The predicted octanol–water partition coefficient (Wildman–Crippen LogP) is 2.48. The van der Waals surface area contributed by atoms with Gasteiger partial charge in [0.15, 0.2) is 0 Å². The number of ketones is 1. The third-order valence-electron chi connectivity index (χ3n) is 8.31. The number of benzene rings is 3. The van der Waals surface area contributed by atoms with Crippen molar-refractivity contribution < 1.29 is 29.2 Å². The summed E-state index contributed by atoms with van der Waals surface area (Å²) < 4.78 is 0. The van der Waals surface area contributed by atoms with Gasteiger partial charge in [0, 0.05) is 61.6 Å². The Morgan fingerprint density at radius 3 is 2.39 bits per heavy atom. The van der Waals surface area contributed by atoms with E-state index >= 15 is 0 Å². The Hall–Kier alpha value is -5.60. The van der Waals surface area contributed by atoms with Gasteiger partial charge < -0.3 is 46.1 Å². The Kier molecular flexibility index (Phi) is 11.3. The zero-order valence-corrected chi connectivity index (χ0v) is 27.2. The first-order chi connectivity index (χ1) is 23.6. The number of Topliss-reactive ketones (excluding diaryl/α,β-unsaturated/α-hetero) is 1. The summed E-state index contributed by atoms with van der Waals surface area (Å²) in [7, 11) is -1.55. The molecule has 0 aliphatic carbocycles. The molecule has 7 N–H and O–H groups in total. The van der Waals surface area contributed by atoms with Crippen molar-refractivity contribution >= 4 is 58.5 Å². The highest BCUT2D eigenvalue weighted by Gasteiger charge is 2.34. The van der Waals surface area contributed by atoms with Crippen molar-refractivity contribution in [2.75, 3.05) is 43.4 Å². The highest BCUT2D eigenvalue weighted by molar-refractivity contribution is 6.58. The number of hydrogen-bond donors (Lipinski definition) is 7. The van der Waals surface area contributed by atoms with E-state index in [-0.39, 0.29) is 24.1 Å². The largest absolute Gasteiger partial charge is 0.488 e. The van der Waals surface area contributed by atoms with E-state index in [0.717, 1.165) is 6.42 Å². The molecular formula is C35H40BN7O6. The molecule has 1 saturated heterocycles. The number of H-pyrrole nitrogens is 1. The second-order valence-corrected chi connectivity index (χ2v) is 11.8. The van der Waals surface area contributed by atoms with Gasteiger partial charge in [-0.2, -0.15) is 0 Å². The van der Waals surface area contributed by atoms with Crippen LogP contribution in [0.3, 0.4) is 0 Å². The first-order valence-electron chi connectivity index (χ1n) is 16.1. The zero-order valence-electron chi connectivity index (χ0n) is 27.2. The van der Waals surface area contributed by atoms with Gasteiger partial charge in [0.25, 0.3) is 17.6 Å². The number of anilines is 2. The van der Waals surface area contributed by atoms with Crippen molar-refractivity contribution in [3.8, 4) is 0 Å². The van der Waals surface area contributed by atoms with Crippen molar-refractivity contribution in [1.29, 1.82) is 0 Å². The molecule has 0 unspecified atom stereocenters. The lowest BCUT2D eigenvalue weighted by Crippen LogP contribution is -2.56. The number of rotatable bonds is 13. The summed E-state index contributed by atoms with van der Waals surface area (Å²) in [4.78, 5) is 58.6. The van der Waals surface area contributed by atoms with E-state index in [1.807, 2.05) is 13.0 Å². The molecule has 1 aliphatic rings. The summed E-state index contributed by atoms with van der Waals surface area (Å²) in [5.41, 5.74) is 2.81. The van der Waals surface area contributed by atoms with E-state index in [2.05, 4.69) is 32.8 Å². The number of aromatic nitrogens is 1. The van der Waals surface area contributed by atoms with Crippen LogP contribution in [0.2, 0.25) is 0 Å². The first-order valence-corrected chi connectivity index (χ1v) is 16.1. The van der Waals surface area contributed by atoms with Crippen LogP contribution < -0.4 is 26.7 Å². The fourth-order valence-electron chi connectivity index (χ4n) is 5.75. The van der Waals surface area contributed by atoms with Gasteiger partial charge >= 0.3 is 13.1 Å². The minimum absolute atomic E-state index is 0.107. The maximum Gasteiger partial charge on any atom is 0.488 e. The van der Waals surface area contributed by atoms with Gasteiger partial charge in [0.2, 0.25) is 0 Å². The van der Waals surface area contributed by atoms with Gasteiger partial charge in [-0.3, -0.25) is 14.4 Å². The van der Waals surface area contributed by atoms with Gasteiger partial charge in [-0.25, -0.2) is 4.79 Å². The molecule has 0 spiro atoms. The number of para-hydroxylation sites is 1. The van der Waals surface area contributed by atoms with Crippen LogP contribution in [0.25, 0.3) is 10.9 Å². The van der Waals surface area contributed by atoms with Crippen LogP contribution in [-0.4, -0.2) is 94.3 Å². The van der Waals surface area contributed by atoms with Gasteiger partial charge in [-0.15, -0.1) is 0 Å². The molecule has 2 heterocycles. The number of nitrogens with zero attached hydrogens (tertiary/aromatic N) is 2. The molecule has 254 valence electrons. The lowest BCUT2D eigenvalue weighted by atomic mass is 9.80. The van der Waals surface area contributed by atoms with Gasteiger partial charge in [-0.1, -0.05) is 49.0 Å². The average Bonchev–Trinajstić information content (AvgIpc) is 3.54. The Balaban J connectivity index is 1.07. The number of unbranched alkanes of at least 4 members (excludes halogenated alkanes) is 1. The van der Waals surface area contributed by atoms with Crippen LogP contribution in [0, 0.1) is 0 Å². The lowest BCUT2D eigenvalue weighted by Gasteiger charge is -2.39. The normalized spacial score (nSPS) is 14.2. The van der Waals surface area contributed by atoms with Gasteiger partial charge in [0.1, 0.15) is 0 Å². The van der Waals surface area contributed by atoms with Crippen molar-refractivity contribution in [2.24, 2.45) is 0 Å². The number of urea groups is 1. The highest BCUT2D eigenvalue weighted by atomic mass is 16.4. The SMILES string of the molecule is C=C(NCCCCNC(=O)Nc1cccc2c(C(=O)C(=O)N3CCN(C(=O)c4ccccc4)C[C@H]3C)c[nH]c12)Nc1cccc(B(O)O)c1. The van der Waals surface area contributed by atoms with Crippen LogP contribution in [0.1, 0.15) is 40.5 Å². The molecule has 1 aromatic heterocycles. The van der Waals surface area contributed by atoms with Crippen LogP contribution >= 0.6 is 0 Å². The molecule has 1 fully saturated rings. The molecule has 5 rings (SSSR count). The molecule has 0 saturated carbocycles. The summed E-state index contributed by atoms with van der Waals surface area (Å²) in [6.45, 7) is 7.66. The smallest absolute Gasteiger partial charge is 0.423 e. The summed E-state index contributed by atoms with van der Waals surface area (Å²) >= 11 is 0. The van der Waals surface area contributed by atoms with E-state index in [1.54, 1.807) is 71.6 Å². The third-order valence-corrected chi connectivity index (χ3v) is 8.31. The van der Waals surface area contributed by atoms with Crippen molar-refractivity contribution in [2.45, 2.75) is 25.8 Å². The quantitative estimate of drug-likeness (QED) is 0.0493. The molecule has 4 aromatic rings. The monoisotopic (exact) mass is 665 g/mol. The molecule has 14 heteroatoms. The number of piperazine rings is 1. The molecule has 4 amide bonds. The summed E-state index contributed by atoms with van der Waals surface area (Å²) in [6.07, 6.45) is 2.93. The number of fused-ring (bicyclic) bond motifs is 1. The first kappa shape index (κ1) is 34.7. The van der Waals surface area contributed by atoms with Crippen LogP contribution in [-0.2, 0) is 4.79 Å². The number of carbonyl (C=O) groups excluding carboxylic acids is 4. The third kappa shape index (κ3) is 8.66. The van der Waals surface area contributed by atoms with E-state index in [4.69, 9.17) is 0 Å². The van der Waals surface area contributed by atoms with Crippen molar-refractivity contribution in [3.05, 3.63) is 103 Å². The molecule has 0 bridgehead atoms. The van der Waals surface area contributed by atoms with E-state index in [1.165, 1.54) is 11.1 Å². The molecule has 49 heavy (non-hydrogen) atoms. The van der Waals surface area contributed by atoms with Gasteiger partial charge in [-0.05, 0) is 55.6 Å². The average molecular weight is 666 g/mol. The van der Waals surface area contributed by atoms with E-state index < -0.39 is 24.8 Å². The molecule has 1 aliphatic heterocycles. The minimum Gasteiger partial charge on any atom is -0.423 e. The summed E-state index contributed by atoms with van der Waals surface area (Å²) in [5, 5.41) is 31.0. The summed E-state index contributed by atoms with van der Waals surface area (Å²) in [6, 6.07) is 20.1. The Bertz CT molecular complexity index is 1830. The van der Waals surface area contributed by atoms with E-state index in [0.29, 0.717) is 71.7 Å². The van der Waals surface area contributed by atoms with Gasteiger partial charge in [0.05, 0.1) is 22.6 Å². The number of amides is 4. The second-order valence-electron chi connectivity index (χ2n) is 11.8. The fraction of sp³-hybridized carbons (Fsp3) is 0.257. The standard InChI is InChI=1S/C35H40BN7O6/c1-23-22-42(33(45)25-10-4-3-5-11-25)18-19-43(23)34(46)32(44)29-21-39-31-28(29)14-9-15-30(31)41-35(47)38-17-7-6-16-37-24(2)40-27-13-8-12-26(20-27)36(48)49/h3-5,8-15,20-21,23,37,39-40,48-49H,2,6-7,16-19,22H2,1H3,(H2,38,41,47)/t23-/m1/s1. The lowest BCUT2D eigenvalue weighted by molar-refractivity contribution is -0.130. The molecule has 1 atom stereocenters. The Morgan fingerprint density at radius 2 is 1.65 bits per heavy atom. The maximum absolute atomic E-state index is 13.4. The molecule has 0 radical (unpaired) electrons. The predicted molar refractivity (Wildman–Crippen MR) is 189 cm³/mol. The van der Waals surface area contributed by atoms with Crippen LogP contribution in [0.5, 0.6) is 0 Å². The fourth-order valence-corrected chi connectivity index (χ4v) is 5.75. The Morgan fingerprint density at radius 1 is 0.918 bits per heavy atom. The van der Waals surface area contributed by atoms with E-state index in [9.17, 15) is 29.2 Å². The number of nitrogens with one attached hydrogen (secondary N) is 5. The van der Waals surface area contributed by atoms with Crippen molar-refractivity contribution in [3.63, 3.8) is 0 Å². The zero-order chi connectivity index (χ0) is 34.9. The second kappa shape index (κ2) is 16.0. The van der Waals surface area contributed by atoms with Crippen molar-refractivity contribution in [1.82, 2.24) is 25.4 Å². The van der Waals surface area contributed by atoms with Crippen LogP contribution in [0.15, 0.2) is 91.4 Å². The minimum atomic E-state index is -1.55. The molecule has 13 nitrogen and oxygen atoms in total. The molecule has 3 aromatic carbocycles. The molecular weight excluding hydrogens is 625 g/mol. The van der Waals surface area contributed by atoms with Crippen LogP contribution in [0.4, 0.5) is 16.2 Å².